The van der Waals surface area contributed by atoms with E-state index in [0.717, 1.165) is 12.8 Å². The molecule has 1 nitrogen and oxygen atoms in total. The van der Waals surface area contributed by atoms with Crippen LogP contribution < -0.4 is 0 Å². The summed E-state index contributed by atoms with van der Waals surface area (Å²) in [6.45, 7) is 2.13. The van der Waals surface area contributed by atoms with Gasteiger partial charge in [0.05, 0.1) is 6.10 Å². The van der Waals surface area contributed by atoms with E-state index in [1.807, 2.05) is 0 Å². The van der Waals surface area contributed by atoms with Crippen LogP contribution in [-0.4, -0.2) is 11.2 Å². The minimum Gasteiger partial charge on any atom is -0.392 e. The summed E-state index contributed by atoms with van der Waals surface area (Å²) < 4.78 is 0. The van der Waals surface area contributed by atoms with Crippen molar-refractivity contribution in [3.63, 3.8) is 0 Å². The van der Waals surface area contributed by atoms with Crippen molar-refractivity contribution < 1.29 is 5.11 Å². The molecule has 1 heteroatoms. The highest BCUT2D eigenvalue weighted by Gasteiger charge is 2.27. The summed E-state index contributed by atoms with van der Waals surface area (Å²) in [5.74, 6) is 0.390. The Bertz CT molecular complexity index is 293. The summed E-state index contributed by atoms with van der Waals surface area (Å²) in [6.07, 6.45) is 3.17. The molecule has 0 amide bonds. The van der Waals surface area contributed by atoms with E-state index in [-0.39, 0.29) is 6.10 Å². The van der Waals surface area contributed by atoms with Gasteiger partial charge in [0.2, 0.25) is 0 Å². The van der Waals surface area contributed by atoms with E-state index >= 15 is 0 Å². The second kappa shape index (κ2) is 3.51. The van der Waals surface area contributed by atoms with Gasteiger partial charge in [-0.05, 0) is 30.9 Å². The zero-order chi connectivity index (χ0) is 9.26. The standard InChI is InChI=1S/C12H16O/c1-9-5-2-3-6-10(9)11-7-4-8-12(11)13/h2-3,5-6,11-13H,4,7-8H2,1H3/t11-,12-/m1/s1. The maximum atomic E-state index is 9.77. The van der Waals surface area contributed by atoms with Gasteiger partial charge in [0.15, 0.2) is 0 Å². The number of benzene rings is 1. The molecular formula is C12H16O. The zero-order valence-corrected chi connectivity index (χ0v) is 8.03. The van der Waals surface area contributed by atoms with E-state index in [1.165, 1.54) is 17.5 Å². The fourth-order valence-electron chi connectivity index (χ4n) is 2.31. The highest BCUT2D eigenvalue weighted by atomic mass is 16.3. The Balaban J connectivity index is 2.29. The van der Waals surface area contributed by atoms with Gasteiger partial charge in [-0.25, -0.2) is 0 Å². The summed E-state index contributed by atoms with van der Waals surface area (Å²) in [6, 6.07) is 8.39. The summed E-state index contributed by atoms with van der Waals surface area (Å²) in [7, 11) is 0. The molecule has 1 aliphatic carbocycles. The largest absolute Gasteiger partial charge is 0.392 e. The van der Waals surface area contributed by atoms with Crippen LogP contribution in [0.1, 0.15) is 36.3 Å². The molecule has 2 atom stereocenters. The second-order valence-electron chi connectivity index (χ2n) is 3.96. The minimum absolute atomic E-state index is 0.110. The van der Waals surface area contributed by atoms with Crippen LogP contribution in [0.2, 0.25) is 0 Å². The lowest BCUT2D eigenvalue weighted by Gasteiger charge is -2.16. The molecule has 1 N–H and O–H groups in total. The maximum Gasteiger partial charge on any atom is 0.0608 e. The van der Waals surface area contributed by atoms with Crippen molar-refractivity contribution >= 4 is 0 Å². The van der Waals surface area contributed by atoms with Crippen LogP contribution in [0, 0.1) is 6.92 Å². The Hall–Kier alpha value is -0.820. The Labute approximate surface area is 79.4 Å². The number of aliphatic hydroxyl groups is 1. The zero-order valence-electron chi connectivity index (χ0n) is 8.03. The van der Waals surface area contributed by atoms with E-state index < -0.39 is 0 Å². The second-order valence-corrected chi connectivity index (χ2v) is 3.96. The first-order valence-electron chi connectivity index (χ1n) is 5.02. The molecule has 1 fully saturated rings. The molecule has 1 aliphatic rings. The molecule has 0 bridgehead atoms. The SMILES string of the molecule is Cc1ccccc1[C@H]1CCC[C@H]1O. The molecule has 0 heterocycles. The Morgan fingerprint density at radius 2 is 2.00 bits per heavy atom. The van der Waals surface area contributed by atoms with Crippen LogP contribution >= 0.6 is 0 Å². The molecule has 2 rings (SSSR count). The molecule has 0 spiro atoms. The molecular weight excluding hydrogens is 160 g/mol. The van der Waals surface area contributed by atoms with Gasteiger partial charge in [0, 0.05) is 5.92 Å². The maximum absolute atomic E-state index is 9.77. The third-order valence-electron chi connectivity index (χ3n) is 3.07. The lowest BCUT2D eigenvalue weighted by Crippen LogP contribution is -2.11. The first-order chi connectivity index (χ1) is 6.29. The van der Waals surface area contributed by atoms with Gasteiger partial charge in [-0.1, -0.05) is 30.7 Å². The van der Waals surface area contributed by atoms with E-state index in [2.05, 4.69) is 31.2 Å². The van der Waals surface area contributed by atoms with Crippen LogP contribution in [0.4, 0.5) is 0 Å². The van der Waals surface area contributed by atoms with Crippen LogP contribution in [0.5, 0.6) is 0 Å². The van der Waals surface area contributed by atoms with Crippen molar-refractivity contribution in [1.82, 2.24) is 0 Å². The van der Waals surface area contributed by atoms with Crippen LogP contribution in [0.25, 0.3) is 0 Å². The number of aryl methyl sites for hydroxylation is 1. The third kappa shape index (κ3) is 1.61. The predicted molar refractivity (Wildman–Crippen MR) is 53.8 cm³/mol. The predicted octanol–water partition coefficient (Wildman–Crippen LogP) is 2.62. The normalized spacial score (nSPS) is 27.8. The quantitative estimate of drug-likeness (QED) is 0.697. The van der Waals surface area contributed by atoms with Gasteiger partial charge in [-0.3, -0.25) is 0 Å². The van der Waals surface area contributed by atoms with Gasteiger partial charge in [-0.15, -0.1) is 0 Å². The van der Waals surface area contributed by atoms with Gasteiger partial charge in [-0.2, -0.15) is 0 Å². The van der Waals surface area contributed by atoms with Crippen LogP contribution in [0.3, 0.4) is 0 Å². The van der Waals surface area contributed by atoms with Crippen molar-refractivity contribution in [1.29, 1.82) is 0 Å². The molecule has 0 aromatic heterocycles. The molecule has 1 aromatic rings. The third-order valence-corrected chi connectivity index (χ3v) is 3.07. The Kier molecular flexibility index (Phi) is 2.36. The van der Waals surface area contributed by atoms with E-state index in [4.69, 9.17) is 0 Å². The van der Waals surface area contributed by atoms with Gasteiger partial charge < -0.3 is 5.11 Å². The molecule has 70 valence electrons. The fraction of sp³-hybridized carbons (Fsp3) is 0.500. The average molecular weight is 176 g/mol. The molecule has 13 heavy (non-hydrogen) atoms. The van der Waals surface area contributed by atoms with Gasteiger partial charge in [0.25, 0.3) is 0 Å². The summed E-state index contributed by atoms with van der Waals surface area (Å²) in [5.41, 5.74) is 2.65. The van der Waals surface area contributed by atoms with Crippen LogP contribution in [-0.2, 0) is 0 Å². The van der Waals surface area contributed by atoms with Crippen LogP contribution in [0.15, 0.2) is 24.3 Å². The topological polar surface area (TPSA) is 20.2 Å². The number of hydrogen-bond acceptors (Lipinski definition) is 1. The Morgan fingerprint density at radius 1 is 1.23 bits per heavy atom. The first kappa shape index (κ1) is 8.76. The lowest BCUT2D eigenvalue weighted by atomic mass is 9.92. The molecule has 1 aromatic carbocycles. The van der Waals surface area contributed by atoms with Crippen molar-refractivity contribution in [2.24, 2.45) is 0 Å². The lowest BCUT2D eigenvalue weighted by molar-refractivity contribution is 0.163. The number of aliphatic hydroxyl groups excluding tert-OH is 1. The smallest absolute Gasteiger partial charge is 0.0608 e. The number of rotatable bonds is 1. The molecule has 1 saturated carbocycles. The molecule has 0 aliphatic heterocycles. The summed E-state index contributed by atoms with van der Waals surface area (Å²) in [4.78, 5) is 0. The fourth-order valence-corrected chi connectivity index (χ4v) is 2.31. The first-order valence-corrected chi connectivity index (χ1v) is 5.02. The summed E-state index contributed by atoms with van der Waals surface area (Å²) in [5, 5.41) is 9.77. The van der Waals surface area contributed by atoms with Gasteiger partial charge >= 0.3 is 0 Å². The Morgan fingerprint density at radius 3 is 2.62 bits per heavy atom. The molecule has 0 radical (unpaired) electrons. The van der Waals surface area contributed by atoms with E-state index in [9.17, 15) is 5.11 Å². The van der Waals surface area contributed by atoms with Crippen molar-refractivity contribution in [2.75, 3.05) is 0 Å². The van der Waals surface area contributed by atoms with Crippen molar-refractivity contribution in [3.8, 4) is 0 Å². The highest BCUT2D eigenvalue weighted by Crippen LogP contribution is 2.35. The average Bonchev–Trinajstić information content (AvgIpc) is 2.52. The molecule has 0 unspecified atom stereocenters. The molecule has 0 saturated heterocycles. The van der Waals surface area contributed by atoms with Crippen molar-refractivity contribution in [3.05, 3.63) is 35.4 Å². The monoisotopic (exact) mass is 176 g/mol. The summed E-state index contributed by atoms with van der Waals surface area (Å²) >= 11 is 0. The van der Waals surface area contributed by atoms with Crippen molar-refractivity contribution in [2.45, 2.75) is 38.2 Å². The van der Waals surface area contributed by atoms with Gasteiger partial charge in [0.1, 0.15) is 0 Å². The number of hydrogen-bond donors (Lipinski definition) is 1. The van der Waals surface area contributed by atoms with E-state index in [0.29, 0.717) is 5.92 Å². The van der Waals surface area contributed by atoms with E-state index in [1.54, 1.807) is 0 Å². The highest BCUT2D eigenvalue weighted by molar-refractivity contribution is 5.30. The minimum atomic E-state index is -0.110.